The molecule has 0 amide bonds. The second kappa shape index (κ2) is 5.40. The van der Waals surface area contributed by atoms with Crippen LogP contribution in [0.1, 0.15) is 27.2 Å². The molecule has 13 heavy (non-hydrogen) atoms. The summed E-state index contributed by atoms with van der Waals surface area (Å²) in [4.78, 5) is 2.24. The summed E-state index contributed by atoms with van der Waals surface area (Å²) < 4.78 is 0. The third-order valence-corrected chi connectivity index (χ3v) is 2.50. The number of nitrogens with one attached hydrogen (secondary N) is 1. The summed E-state index contributed by atoms with van der Waals surface area (Å²) in [5.74, 6) is 0. The molecule has 0 fully saturated rings. The van der Waals surface area contributed by atoms with E-state index in [4.69, 9.17) is 0 Å². The van der Waals surface area contributed by atoms with Gasteiger partial charge in [0, 0.05) is 12.1 Å². The molecule has 0 unspecified atom stereocenters. The molecule has 0 saturated carbocycles. The van der Waals surface area contributed by atoms with Gasteiger partial charge in [0.25, 0.3) is 0 Å². The average molecular weight is 184 g/mol. The largest absolute Gasteiger partial charge is 0.315 e. The highest BCUT2D eigenvalue weighted by atomic mass is 15.2. The van der Waals surface area contributed by atoms with E-state index in [0.717, 1.165) is 19.5 Å². The standard InChI is InChI=1S/C11H24N2/c1-10(2)7-8-12-9-11(3,4)13(5)6/h12H,1,7-9H2,2-6H3. The molecule has 78 valence electrons. The Hall–Kier alpha value is -0.340. The van der Waals surface area contributed by atoms with Crippen LogP contribution in [0.5, 0.6) is 0 Å². The van der Waals surface area contributed by atoms with E-state index in [9.17, 15) is 0 Å². The fourth-order valence-corrected chi connectivity index (χ4v) is 0.854. The van der Waals surface area contributed by atoms with Gasteiger partial charge in [0.15, 0.2) is 0 Å². The summed E-state index contributed by atoms with van der Waals surface area (Å²) in [6, 6.07) is 0. The molecule has 0 spiro atoms. The lowest BCUT2D eigenvalue weighted by atomic mass is 10.0. The third kappa shape index (κ3) is 5.83. The highest BCUT2D eigenvalue weighted by Crippen LogP contribution is 2.07. The van der Waals surface area contributed by atoms with Gasteiger partial charge in [-0.1, -0.05) is 5.57 Å². The molecule has 0 saturated heterocycles. The normalized spacial score (nSPS) is 12.2. The van der Waals surface area contributed by atoms with Crippen molar-refractivity contribution in [3.8, 4) is 0 Å². The first-order valence-electron chi connectivity index (χ1n) is 4.89. The molecule has 0 aromatic rings. The Morgan fingerprint density at radius 1 is 1.38 bits per heavy atom. The minimum Gasteiger partial charge on any atom is -0.315 e. The van der Waals surface area contributed by atoms with Crippen molar-refractivity contribution in [2.45, 2.75) is 32.7 Å². The summed E-state index contributed by atoms with van der Waals surface area (Å²) >= 11 is 0. The Morgan fingerprint density at radius 3 is 2.31 bits per heavy atom. The maximum atomic E-state index is 3.87. The van der Waals surface area contributed by atoms with Crippen molar-refractivity contribution < 1.29 is 0 Å². The molecule has 0 rings (SSSR count). The van der Waals surface area contributed by atoms with Crippen molar-refractivity contribution in [1.29, 1.82) is 0 Å². The lowest BCUT2D eigenvalue weighted by Gasteiger charge is -2.32. The molecule has 0 aromatic carbocycles. The molecule has 0 atom stereocenters. The van der Waals surface area contributed by atoms with Crippen molar-refractivity contribution >= 4 is 0 Å². The Bertz CT molecular complexity index is 159. The van der Waals surface area contributed by atoms with Crippen LogP contribution >= 0.6 is 0 Å². The van der Waals surface area contributed by atoms with Gasteiger partial charge in [0.2, 0.25) is 0 Å². The smallest absolute Gasteiger partial charge is 0.0271 e. The van der Waals surface area contributed by atoms with Gasteiger partial charge in [0.05, 0.1) is 0 Å². The molecule has 2 heteroatoms. The molecule has 2 nitrogen and oxygen atoms in total. The minimum absolute atomic E-state index is 0.231. The van der Waals surface area contributed by atoms with Crippen LogP contribution in [0.4, 0.5) is 0 Å². The number of nitrogens with zero attached hydrogens (tertiary/aromatic N) is 1. The van der Waals surface area contributed by atoms with Crippen molar-refractivity contribution in [1.82, 2.24) is 10.2 Å². The lowest BCUT2D eigenvalue weighted by molar-refractivity contribution is 0.190. The average Bonchev–Trinajstić information content (AvgIpc) is 1.97. The summed E-state index contributed by atoms with van der Waals surface area (Å²) in [6.07, 6.45) is 1.07. The van der Waals surface area contributed by atoms with Crippen LogP contribution in [0.2, 0.25) is 0 Å². The second-order valence-electron chi connectivity index (χ2n) is 4.59. The molecular weight excluding hydrogens is 160 g/mol. The topological polar surface area (TPSA) is 15.3 Å². The first-order valence-corrected chi connectivity index (χ1v) is 4.89. The van der Waals surface area contributed by atoms with E-state index in [-0.39, 0.29) is 5.54 Å². The molecule has 0 aromatic heterocycles. The lowest BCUT2D eigenvalue weighted by Crippen LogP contribution is -2.46. The number of rotatable bonds is 6. The summed E-state index contributed by atoms with van der Waals surface area (Å²) in [5.41, 5.74) is 1.48. The van der Waals surface area contributed by atoms with Gasteiger partial charge in [-0.3, -0.25) is 0 Å². The van der Waals surface area contributed by atoms with Crippen molar-refractivity contribution in [2.24, 2.45) is 0 Å². The zero-order valence-electron chi connectivity index (χ0n) is 9.78. The van der Waals surface area contributed by atoms with Crippen LogP contribution in [-0.4, -0.2) is 37.6 Å². The first-order chi connectivity index (χ1) is 5.86. The Balaban J connectivity index is 3.58. The molecule has 0 aliphatic rings. The molecule has 0 bridgehead atoms. The highest BCUT2D eigenvalue weighted by molar-refractivity contribution is 4.89. The van der Waals surface area contributed by atoms with E-state index in [1.807, 2.05) is 0 Å². The molecular formula is C11H24N2. The van der Waals surface area contributed by atoms with Gasteiger partial charge in [-0.15, -0.1) is 6.58 Å². The predicted octanol–water partition coefficient (Wildman–Crippen LogP) is 1.88. The summed E-state index contributed by atoms with van der Waals surface area (Å²) in [7, 11) is 4.22. The fraction of sp³-hybridized carbons (Fsp3) is 0.818. The molecule has 0 radical (unpaired) electrons. The van der Waals surface area contributed by atoms with Crippen molar-refractivity contribution in [3.05, 3.63) is 12.2 Å². The van der Waals surface area contributed by atoms with Crippen molar-refractivity contribution in [2.75, 3.05) is 27.2 Å². The van der Waals surface area contributed by atoms with Crippen LogP contribution in [0.25, 0.3) is 0 Å². The maximum Gasteiger partial charge on any atom is 0.0271 e. The minimum atomic E-state index is 0.231. The zero-order valence-corrected chi connectivity index (χ0v) is 9.78. The quantitative estimate of drug-likeness (QED) is 0.501. The van der Waals surface area contributed by atoms with Gasteiger partial charge in [-0.25, -0.2) is 0 Å². The fourth-order valence-electron chi connectivity index (χ4n) is 0.854. The molecule has 0 aliphatic carbocycles. The second-order valence-corrected chi connectivity index (χ2v) is 4.59. The Morgan fingerprint density at radius 2 is 1.92 bits per heavy atom. The highest BCUT2D eigenvalue weighted by Gasteiger charge is 2.18. The van der Waals surface area contributed by atoms with Crippen LogP contribution in [0.3, 0.4) is 0 Å². The van der Waals surface area contributed by atoms with E-state index in [1.165, 1.54) is 5.57 Å². The monoisotopic (exact) mass is 184 g/mol. The third-order valence-electron chi connectivity index (χ3n) is 2.50. The zero-order chi connectivity index (χ0) is 10.5. The Kier molecular flexibility index (Phi) is 5.26. The number of likely N-dealkylation sites (N-methyl/N-ethyl adjacent to an activating group) is 1. The predicted molar refractivity (Wildman–Crippen MR) is 60.1 cm³/mol. The van der Waals surface area contributed by atoms with Gasteiger partial charge >= 0.3 is 0 Å². The Labute approximate surface area is 83.0 Å². The SMILES string of the molecule is C=C(C)CCNCC(C)(C)N(C)C. The van der Waals surface area contributed by atoms with E-state index in [2.05, 4.69) is 51.7 Å². The van der Waals surface area contributed by atoms with E-state index < -0.39 is 0 Å². The molecule has 0 aliphatic heterocycles. The van der Waals surface area contributed by atoms with E-state index in [0.29, 0.717) is 0 Å². The van der Waals surface area contributed by atoms with Crippen LogP contribution in [0, 0.1) is 0 Å². The summed E-state index contributed by atoms with van der Waals surface area (Å²) in [5, 5.41) is 3.44. The summed E-state index contributed by atoms with van der Waals surface area (Å²) in [6.45, 7) is 12.5. The molecule has 1 N–H and O–H groups in total. The van der Waals surface area contributed by atoms with Gasteiger partial charge in [0.1, 0.15) is 0 Å². The van der Waals surface area contributed by atoms with Crippen LogP contribution in [0.15, 0.2) is 12.2 Å². The number of hydrogen-bond acceptors (Lipinski definition) is 2. The molecule has 0 heterocycles. The van der Waals surface area contributed by atoms with Crippen LogP contribution in [-0.2, 0) is 0 Å². The van der Waals surface area contributed by atoms with Crippen molar-refractivity contribution in [3.63, 3.8) is 0 Å². The van der Waals surface area contributed by atoms with E-state index >= 15 is 0 Å². The van der Waals surface area contributed by atoms with Gasteiger partial charge < -0.3 is 10.2 Å². The first kappa shape index (κ1) is 12.7. The van der Waals surface area contributed by atoms with E-state index in [1.54, 1.807) is 0 Å². The van der Waals surface area contributed by atoms with Crippen LogP contribution < -0.4 is 5.32 Å². The van der Waals surface area contributed by atoms with Gasteiger partial charge in [-0.05, 0) is 47.8 Å². The van der Waals surface area contributed by atoms with Gasteiger partial charge in [-0.2, -0.15) is 0 Å². The number of hydrogen-bond donors (Lipinski definition) is 1. The maximum absolute atomic E-state index is 3.87.